The highest BCUT2D eigenvalue weighted by molar-refractivity contribution is 6.31. The quantitative estimate of drug-likeness (QED) is 0.917. The van der Waals surface area contributed by atoms with Crippen LogP contribution in [0.25, 0.3) is 0 Å². The Hall–Kier alpha value is -1.58. The molecule has 0 unspecified atom stereocenters. The number of benzene rings is 1. The van der Waals surface area contributed by atoms with E-state index >= 15 is 0 Å². The predicted molar refractivity (Wildman–Crippen MR) is 73.0 cm³/mol. The fourth-order valence-electron chi connectivity index (χ4n) is 1.58. The minimum Gasteiger partial charge on any atom is -0.439 e. The van der Waals surface area contributed by atoms with Crippen molar-refractivity contribution in [3.8, 4) is 11.6 Å². The van der Waals surface area contributed by atoms with Gasteiger partial charge in [0.2, 0.25) is 5.88 Å². The molecule has 2 rings (SSSR count). The fourth-order valence-corrected chi connectivity index (χ4v) is 1.77. The molecular formula is C14H15ClN2O. The molecule has 0 saturated heterocycles. The van der Waals surface area contributed by atoms with Crippen molar-refractivity contribution in [3.63, 3.8) is 0 Å². The van der Waals surface area contributed by atoms with Crippen LogP contribution in [0.4, 0.5) is 0 Å². The molecule has 1 heterocycles. The standard InChI is InChI=1S/C14H15ClN2O/c1-2-10-3-5-12(6-4-10)18-14-7-11(8-16)13(15)9-17-14/h3-7,9H,2,8,16H2,1H3. The molecule has 0 bridgehead atoms. The van der Waals surface area contributed by atoms with Crippen LogP contribution >= 0.6 is 11.6 Å². The van der Waals surface area contributed by atoms with Gasteiger partial charge in [-0.15, -0.1) is 0 Å². The van der Waals surface area contributed by atoms with Gasteiger partial charge in [-0.2, -0.15) is 0 Å². The SMILES string of the molecule is CCc1ccc(Oc2cc(CN)c(Cl)cn2)cc1. The summed E-state index contributed by atoms with van der Waals surface area (Å²) in [4.78, 5) is 4.12. The summed E-state index contributed by atoms with van der Waals surface area (Å²) in [5.41, 5.74) is 7.68. The summed E-state index contributed by atoms with van der Waals surface area (Å²) < 4.78 is 5.65. The van der Waals surface area contributed by atoms with Crippen LogP contribution in [0.3, 0.4) is 0 Å². The van der Waals surface area contributed by atoms with E-state index in [9.17, 15) is 0 Å². The number of aromatic nitrogens is 1. The first-order valence-corrected chi connectivity index (χ1v) is 6.22. The van der Waals surface area contributed by atoms with E-state index in [4.69, 9.17) is 22.1 Å². The zero-order valence-corrected chi connectivity index (χ0v) is 10.9. The van der Waals surface area contributed by atoms with Crippen molar-refractivity contribution >= 4 is 11.6 Å². The largest absolute Gasteiger partial charge is 0.439 e. The van der Waals surface area contributed by atoms with Gasteiger partial charge in [0.05, 0.1) is 5.02 Å². The summed E-state index contributed by atoms with van der Waals surface area (Å²) in [5, 5.41) is 0.561. The Bertz CT molecular complexity index is 526. The van der Waals surface area contributed by atoms with Gasteiger partial charge in [0, 0.05) is 18.8 Å². The normalized spacial score (nSPS) is 10.4. The third-order valence-corrected chi connectivity index (χ3v) is 3.02. The van der Waals surface area contributed by atoms with Crippen molar-refractivity contribution in [2.75, 3.05) is 0 Å². The molecule has 0 radical (unpaired) electrons. The Morgan fingerprint density at radius 3 is 2.61 bits per heavy atom. The number of ether oxygens (including phenoxy) is 1. The average Bonchev–Trinajstić information content (AvgIpc) is 2.42. The summed E-state index contributed by atoms with van der Waals surface area (Å²) in [6, 6.07) is 9.69. The van der Waals surface area contributed by atoms with Crippen LogP contribution in [-0.4, -0.2) is 4.98 Å². The Balaban J connectivity index is 2.17. The first-order chi connectivity index (χ1) is 8.72. The van der Waals surface area contributed by atoms with Crippen LogP contribution in [0.2, 0.25) is 5.02 Å². The molecule has 0 fully saturated rings. The van der Waals surface area contributed by atoms with Crippen LogP contribution < -0.4 is 10.5 Å². The van der Waals surface area contributed by atoms with Crippen LogP contribution in [-0.2, 0) is 13.0 Å². The number of nitrogens with zero attached hydrogens (tertiary/aromatic N) is 1. The monoisotopic (exact) mass is 262 g/mol. The maximum Gasteiger partial charge on any atom is 0.219 e. The molecule has 18 heavy (non-hydrogen) atoms. The lowest BCUT2D eigenvalue weighted by molar-refractivity contribution is 0.462. The van der Waals surface area contributed by atoms with Gasteiger partial charge in [0.25, 0.3) is 0 Å². The van der Waals surface area contributed by atoms with Gasteiger partial charge >= 0.3 is 0 Å². The van der Waals surface area contributed by atoms with Crippen LogP contribution in [0.5, 0.6) is 11.6 Å². The molecule has 0 amide bonds. The lowest BCUT2D eigenvalue weighted by atomic mass is 10.2. The van der Waals surface area contributed by atoms with E-state index in [0.717, 1.165) is 17.7 Å². The van der Waals surface area contributed by atoms with Gasteiger partial charge in [-0.1, -0.05) is 30.7 Å². The van der Waals surface area contributed by atoms with E-state index in [0.29, 0.717) is 17.4 Å². The summed E-state index contributed by atoms with van der Waals surface area (Å²) in [6.45, 7) is 2.48. The Morgan fingerprint density at radius 1 is 1.28 bits per heavy atom. The summed E-state index contributed by atoms with van der Waals surface area (Å²) in [7, 11) is 0. The Kier molecular flexibility index (Phi) is 4.18. The van der Waals surface area contributed by atoms with Crippen LogP contribution in [0, 0.1) is 0 Å². The second-order valence-electron chi connectivity index (χ2n) is 3.92. The predicted octanol–water partition coefficient (Wildman–Crippen LogP) is 3.55. The van der Waals surface area contributed by atoms with Crippen molar-refractivity contribution in [3.05, 3.63) is 52.7 Å². The van der Waals surface area contributed by atoms with Crippen molar-refractivity contribution in [1.29, 1.82) is 0 Å². The number of nitrogens with two attached hydrogens (primary N) is 1. The minimum atomic E-state index is 0.368. The molecule has 3 nitrogen and oxygen atoms in total. The molecule has 2 aromatic rings. The number of hydrogen-bond acceptors (Lipinski definition) is 3. The van der Waals surface area contributed by atoms with E-state index in [1.165, 1.54) is 5.56 Å². The van der Waals surface area contributed by atoms with Gasteiger partial charge < -0.3 is 10.5 Å². The van der Waals surface area contributed by atoms with Crippen molar-refractivity contribution in [1.82, 2.24) is 4.98 Å². The molecule has 0 spiro atoms. The van der Waals surface area contributed by atoms with Crippen LogP contribution in [0.15, 0.2) is 36.5 Å². The molecular weight excluding hydrogens is 248 g/mol. The Labute approximate surface area is 112 Å². The number of pyridine rings is 1. The van der Waals surface area contributed by atoms with E-state index in [2.05, 4.69) is 11.9 Å². The highest BCUT2D eigenvalue weighted by Crippen LogP contribution is 2.23. The third kappa shape index (κ3) is 3.00. The molecule has 4 heteroatoms. The molecule has 0 aliphatic carbocycles. The molecule has 0 atom stereocenters. The zero-order chi connectivity index (χ0) is 13.0. The summed E-state index contributed by atoms with van der Waals surface area (Å²) in [5.74, 6) is 1.26. The smallest absolute Gasteiger partial charge is 0.219 e. The Morgan fingerprint density at radius 2 is 2.00 bits per heavy atom. The van der Waals surface area contributed by atoms with Gasteiger partial charge in [-0.25, -0.2) is 4.98 Å². The molecule has 0 aliphatic heterocycles. The maximum atomic E-state index is 5.94. The second-order valence-corrected chi connectivity index (χ2v) is 4.32. The summed E-state index contributed by atoms with van der Waals surface area (Å²) >= 11 is 5.94. The molecule has 2 N–H and O–H groups in total. The van der Waals surface area contributed by atoms with E-state index in [1.807, 2.05) is 24.3 Å². The molecule has 1 aromatic carbocycles. The van der Waals surface area contributed by atoms with E-state index in [-0.39, 0.29) is 0 Å². The molecule has 0 saturated carbocycles. The maximum absolute atomic E-state index is 5.94. The number of rotatable bonds is 4. The van der Waals surface area contributed by atoms with Gasteiger partial charge in [-0.05, 0) is 29.7 Å². The minimum absolute atomic E-state index is 0.368. The third-order valence-electron chi connectivity index (χ3n) is 2.68. The van der Waals surface area contributed by atoms with Gasteiger partial charge in [-0.3, -0.25) is 0 Å². The highest BCUT2D eigenvalue weighted by atomic mass is 35.5. The van der Waals surface area contributed by atoms with Gasteiger partial charge in [0.15, 0.2) is 0 Å². The molecule has 1 aromatic heterocycles. The lowest BCUT2D eigenvalue weighted by Crippen LogP contribution is -1.99. The lowest BCUT2D eigenvalue weighted by Gasteiger charge is -2.07. The molecule has 0 aliphatic rings. The number of hydrogen-bond donors (Lipinski definition) is 1. The topological polar surface area (TPSA) is 48.1 Å². The molecule has 94 valence electrons. The number of aryl methyl sites for hydroxylation is 1. The van der Waals surface area contributed by atoms with Crippen molar-refractivity contribution in [2.45, 2.75) is 19.9 Å². The first-order valence-electron chi connectivity index (χ1n) is 5.84. The summed E-state index contributed by atoms with van der Waals surface area (Å²) in [6.07, 6.45) is 2.57. The van der Waals surface area contributed by atoms with E-state index < -0.39 is 0 Å². The highest BCUT2D eigenvalue weighted by Gasteiger charge is 2.04. The van der Waals surface area contributed by atoms with Crippen molar-refractivity contribution < 1.29 is 4.74 Å². The zero-order valence-electron chi connectivity index (χ0n) is 10.2. The average molecular weight is 263 g/mol. The first kappa shape index (κ1) is 12.9. The van der Waals surface area contributed by atoms with Gasteiger partial charge in [0.1, 0.15) is 5.75 Å². The van der Waals surface area contributed by atoms with E-state index in [1.54, 1.807) is 12.3 Å². The number of halogens is 1. The van der Waals surface area contributed by atoms with Crippen molar-refractivity contribution in [2.24, 2.45) is 5.73 Å². The van der Waals surface area contributed by atoms with Crippen LogP contribution in [0.1, 0.15) is 18.1 Å². The second kappa shape index (κ2) is 5.85. The fraction of sp³-hybridized carbons (Fsp3) is 0.214.